The van der Waals surface area contributed by atoms with Crippen LogP contribution in [0, 0.1) is 5.92 Å². The summed E-state index contributed by atoms with van der Waals surface area (Å²) in [6.07, 6.45) is 4.02. The molecule has 0 amide bonds. The molecule has 172 valence electrons. The lowest BCUT2D eigenvalue weighted by Crippen LogP contribution is -2.53. The van der Waals surface area contributed by atoms with E-state index in [1.54, 1.807) is 6.20 Å². The van der Waals surface area contributed by atoms with Crippen LogP contribution in [-0.4, -0.2) is 68.6 Å². The molecule has 3 aromatic heterocycles. The Labute approximate surface area is 188 Å². The second kappa shape index (κ2) is 10.2. The van der Waals surface area contributed by atoms with E-state index >= 15 is 0 Å². The molecule has 0 bridgehead atoms. The van der Waals surface area contributed by atoms with Gasteiger partial charge in [0.05, 0.1) is 18.8 Å². The minimum atomic E-state index is 0.404. The summed E-state index contributed by atoms with van der Waals surface area (Å²) >= 11 is 0. The molecule has 0 saturated carbocycles. The van der Waals surface area contributed by atoms with Gasteiger partial charge in [0, 0.05) is 38.5 Å². The summed E-state index contributed by atoms with van der Waals surface area (Å²) in [6, 6.07) is 2.23. The third-order valence-electron chi connectivity index (χ3n) is 5.75. The van der Waals surface area contributed by atoms with E-state index in [4.69, 9.17) is 19.8 Å². The normalized spacial score (nSPS) is 16.8. The smallest absolute Gasteiger partial charge is 0.228 e. The van der Waals surface area contributed by atoms with Gasteiger partial charge in [-0.2, -0.15) is 10.1 Å². The fourth-order valence-corrected chi connectivity index (χ4v) is 3.95. The van der Waals surface area contributed by atoms with E-state index in [0.29, 0.717) is 43.4 Å². The molecular weight excluding hydrogens is 406 g/mol. The molecule has 0 aliphatic carbocycles. The maximum Gasteiger partial charge on any atom is 0.228 e. The zero-order valence-electron chi connectivity index (χ0n) is 19.4. The molecule has 3 aromatic rings. The third-order valence-corrected chi connectivity index (χ3v) is 5.75. The Morgan fingerprint density at radius 1 is 1.28 bits per heavy atom. The predicted octanol–water partition coefficient (Wildman–Crippen LogP) is 2.39. The number of hydrogen-bond donors (Lipinski definition) is 2. The van der Waals surface area contributed by atoms with Crippen LogP contribution in [0.3, 0.4) is 0 Å². The molecule has 1 aliphatic heterocycles. The van der Waals surface area contributed by atoms with Crippen molar-refractivity contribution in [2.45, 2.75) is 46.7 Å². The number of nitrogens with zero attached hydrogens (tertiary/aromatic N) is 7. The Morgan fingerprint density at radius 2 is 2.16 bits per heavy atom. The monoisotopic (exact) mass is 439 g/mol. The Hall–Kier alpha value is -2.85. The van der Waals surface area contributed by atoms with Gasteiger partial charge in [-0.05, 0) is 25.3 Å². The summed E-state index contributed by atoms with van der Waals surface area (Å²) in [5.41, 5.74) is 2.71. The SMILES string of the molecule is CCOCCn1nc(CC)c2nc(N3CCN[C@@H](C(C)C)C3)nc(Nc3ccncn3)c21. The molecule has 32 heavy (non-hydrogen) atoms. The van der Waals surface area contributed by atoms with Gasteiger partial charge in [-0.1, -0.05) is 20.8 Å². The summed E-state index contributed by atoms with van der Waals surface area (Å²) in [4.78, 5) is 20.6. The largest absolute Gasteiger partial charge is 0.380 e. The highest BCUT2D eigenvalue weighted by atomic mass is 16.5. The maximum atomic E-state index is 5.58. The molecular formula is C22H33N9O. The van der Waals surface area contributed by atoms with Crippen molar-refractivity contribution in [3.05, 3.63) is 24.3 Å². The van der Waals surface area contributed by atoms with Crippen molar-refractivity contribution in [1.29, 1.82) is 0 Å². The van der Waals surface area contributed by atoms with E-state index < -0.39 is 0 Å². The van der Waals surface area contributed by atoms with Gasteiger partial charge in [-0.3, -0.25) is 4.68 Å². The summed E-state index contributed by atoms with van der Waals surface area (Å²) in [7, 11) is 0. The van der Waals surface area contributed by atoms with Crippen LogP contribution in [0.2, 0.25) is 0 Å². The lowest BCUT2D eigenvalue weighted by molar-refractivity contribution is 0.137. The van der Waals surface area contributed by atoms with Crippen LogP contribution in [0.5, 0.6) is 0 Å². The van der Waals surface area contributed by atoms with Gasteiger partial charge in [0.2, 0.25) is 5.95 Å². The van der Waals surface area contributed by atoms with Crippen LogP contribution in [0.15, 0.2) is 18.6 Å². The van der Waals surface area contributed by atoms with Crippen LogP contribution < -0.4 is 15.5 Å². The number of nitrogens with one attached hydrogen (secondary N) is 2. The van der Waals surface area contributed by atoms with E-state index in [9.17, 15) is 0 Å². The number of fused-ring (bicyclic) bond motifs is 1. The molecule has 0 spiro atoms. The summed E-state index contributed by atoms with van der Waals surface area (Å²) in [6.45, 7) is 13.1. The number of piperazine rings is 1. The van der Waals surface area contributed by atoms with Crippen molar-refractivity contribution in [3.63, 3.8) is 0 Å². The molecule has 4 rings (SSSR count). The predicted molar refractivity (Wildman–Crippen MR) is 125 cm³/mol. The summed E-state index contributed by atoms with van der Waals surface area (Å²) in [5.74, 6) is 2.64. The molecule has 0 unspecified atom stereocenters. The van der Waals surface area contributed by atoms with Gasteiger partial charge in [0.1, 0.15) is 23.2 Å². The highest BCUT2D eigenvalue weighted by Crippen LogP contribution is 2.29. The van der Waals surface area contributed by atoms with Crippen molar-refractivity contribution >= 4 is 28.6 Å². The Balaban J connectivity index is 1.78. The van der Waals surface area contributed by atoms with Crippen LogP contribution >= 0.6 is 0 Å². The van der Waals surface area contributed by atoms with Gasteiger partial charge in [0.15, 0.2) is 5.82 Å². The minimum absolute atomic E-state index is 0.404. The first-order valence-electron chi connectivity index (χ1n) is 11.5. The first-order valence-corrected chi connectivity index (χ1v) is 11.5. The van der Waals surface area contributed by atoms with Crippen LogP contribution in [0.25, 0.3) is 11.0 Å². The standard InChI is InChI=1S/C22H33N9O/c1-5-16-19-20(31(29-16)11-12-32-6-2)21(26-18-7-8-23-14-25-18)28-22(27-19)30-10-9-24-17(13-30)15(3)4/h7-8,14-15,17,24H,5-6,9-13H2,1-4H3,(H,23,25,26,27,28)/t17-/m1/s1. The van der Waals surface area contributed by atoms with Crippen LogP contribution in [0.4, 0.5) is 17.6 Å². The molecule has 1 aliphatic rings. The third kappa shape index (κ3) is 4.81. The molecule has 1 atom stereocenters. The second-order valence-electron chi connectivity index (χ2n) is 8.26. The first-order chi connectivity index (χ1) is 15.6. The van der Waals surface area contributed by atoms with Crippen molar-refractivity contribution < 1.29 is 4.74 Å². The molecule has 10 nitrogen and oxygen atoms in total. The van der Waals surface area contributed by atoms with Gasteiger partial charge >= 0.3 is 0 Å². The molecule has 0 aromatic carbocycles. The second-order valence-corrected chi connectivity index (χ2v) is 8.26. The summed E-state index contributed by atoms with van der Waals surface area (Å²) in [5, 5.41) is 11.8. The van der Waals surface area contributed by atoms with Gasteiger partial charge in [-0.15, -0.1) is 0 Å². The van der Waals surface area contributed by atoms with Crippen LogP contribution in [-0.2, 0) is 17.7 Å². The van der Waals surface area contributed by atoms with Crippen molar-refractivity contribution in [2.24, 2.45) is 5.92 Å². The zero-order valence-corrected chi connectivity index (χ0v) is 19.4. The number of aryl methyl sites for hydroxylation is 1. The average Bonchev–Trinajstić information content (AvgIpc) is 3.18. The van der Waals surface area contributed by atoms with Crippen LogP contribution in [0.1, 0.15) is 33.4 Å². The van der Waals surface area contributed by atoms with E-state index in [-0.39, 0.29) is 0 Å². The quantitative estimate of drug-likeness (QED) is 0.486. The number of hydrogen-bond acceptors (Lipinski definition) is 9. The highest BCUT2D eigenvalue weighted by Gasteiger charge is 2.26. The maximum absolute atomic E-state index is 5.58. The number of rotatable bonds is 9. The first kappa shape index (κ1) is 22.3. The number of ether oxygens (including phenoxy) is 1. The number of aromatic nitrogens is 6. The molecule has 2 N–H and O–H groups in total. The van der Waals surface area contributed by atoms with Crippen molar-refractivity contribution in [1.82, 2.24) is 35.0 Å². The molecule has 10 heteroatoms. The average molecular weight is 440 g/mol. The lowest BCUT2D eigenvalue weighted by Gasteiger charge is -2.35. The molecule has 4 heterocycles. The van der Waals surface area contributed by atoms with Gasteiger partial charge in [-0.25, -0.2) is 15.0 Å². The van der Waals surface area contributed by atoms with Gasteiger partial charge in [0.25, 0.3) is 0 Å². The topological polar surface area (TPSA) is 106 Å². The van der Waals surface area contributed by atoms with Gasteiger partial charge < -0.3 is 20.3 Å². The Bertz CT molecular complexity index is 1020. The number of anilines is 3. The van der Waals surface area contributed by atoms with Crippen molar-refractivity contribution in [2.75, 3.05) is 43.1 Å². The van der Waals surface area contributed by atoms with E-state index in [1.807, 2.05) is 17.7 Å². The molecule has 0 radical (unpaired) electrons. The zero-order chi connectivity index (χ0) is 22.5. The fraction of sp³-hybridized carbons (Fsp3) is 0.591. The molecule has 1 saturated heterocycles. The Morgan fingerprint density at radius 3 is 2.88 bits per heavy atom. The van der Waals surface area contributed by atoms with E-state index in [1.165, 1.54) is 6.33 Å². The lowest BCUT2D eigenvalue weighted by atomic mass is 10.0. The Kier molecular flexibility index (Phi) is 7.11. The van der Waals surface area contributed by atoms with Crippen molar-refractivity contribution in [3.8, 4) is 0 Å². The molecule has 1 fully saturated rings. The summed E-state index contributed by atoms with van der Waals surface area (Å²) < 4.78 is 7.53. The van der Waals surface area contributed by atoms with E-state index in [0.717, 1.165) is 48.7 Å². The highest BCUT2D eigenvalue weighted by molar-refractivity contribution is 5.90. The fourth-order valence-electron chi connectivity index (χ4n) is 3.95. The minimum Gasteiger partial charge on any atom is -0.380 e. The van der Waals surface area contributed by atoms with E-state index in [2.05, 4.69) is 46.3 Å².